The number of allylic oxidation sites excluding steroid dienone is 1. The molecule has 0 saturated heterocycles. The van der Waals surface area contributed by atoms with Crippen LogP contribution in [0.4, 0.5) is 0 Å². The van der Waals surface area contributed by atoms with Crippen LogP contribution in [0.15, 0.2) is 59.9 Å². The average molecular weight is 505 g/mol. The predicted molar refractivity (Wildman–Crippen MR) is 146 cm³/mol. The van der Waals surface area contributed by atoms with E-state index in [-0.39, 0.29) is 6.29 Å². The molecule has 4 rings (SSSR count). The van der Waals surface area contributed by atoms with Gasteiger partial charge in [0, 0.05) is 38.6 Å². The molecule has 0 spiro atoms. The number of hydrogen-bond acceptors (Lipinski definition) is 7. The van der Waals surface area contributed by atoms with Crippen molar-refractivity contribution in [3.05, 3.63) is 65.5 Å². The molecule has 0 amide bonds. The zero-order valence-corrected chi connectivity index (χ0v) is 22.8. The molecule has 0 aliphatic carbocycles. The Labute approximate surface area is 220 Å². The van der Waals surface area contributed by atoms with Gasteiger partial charge in [-0.05, 0) is 47.1 Å². The van der Waals surface area contributed by atoms with E-state index in [0.717, 1.165) is 62.1 Å². The fourth-order valence-corrected chi connectivity index (χ4v) is 4.91. The van der Waals surface area contributed by atoms with Gasteiger partial charge in [-0.25, -0.2) is 0 Å². The minimum Gasteiger partial charge on any atom is -0.352 e. The first-order valence-electron chi connectivity index (χ1n) is 13.3. The molecule has 1 N–H and O–H groups in total. The molecule has 37 heavy (non-hydrogen) atoms. The van der Waals surface area contributed by atoms with Crippen LogP contribution in [-0.2, 0) is 16.0 Å². The molecular formula is C29H40N6O2. The van der Waals surface area contributed by atoms with Crippen molar-refractivity contribution in [1.29, 1.82) is 0 Å². The van der Waals surface area contributed by atoms with E-state index in [4.69, 9.17) is 9.47 Å². The number of ether oxygens (including phenoxy) is 2. The summed E-state index contributed by atoms with van der Waals surface area (Å²) in [6.07, 6.45) is 4.08. The first-order valence-corrected chi connectivity index (χ1v) is 13.3. The number of rotatable bonds is 13. The van der Waals surface area contributed by atoms with E-state index in [1.807, 2.05) is 18.2 Å². The number of aromatic nitrogens is 4. The van der Waals surface area contributed by atoms with E-state index in [0.29, 0.717) is 11.7 Å². The molecule has 1 aliphatic rings. The zero-order chi connectivity index (χ0) is 26.2. The second-order valence-corrected chi connectivity index (χ2v) is 10.0. The third kappa shape index (κ3) is 6.37. The van der Waals surface area contributed by atoms with Crippen molar-refractivity contribution < 1.29 is 9.47 Å². The Balaban J connectivity index is 1.59. The molecule has 0 radical (unpaired) electrons. The van der Waals surface area contributed by atoms with Gasteiger partial charge in [0.2, 0.25) is 5.82 Å². The topological polar surface area (TPSA) is 79.4 Å². The monoisotopic (exact) mass is 504 g/mol. The summed E-state index contributed by atoms with van der Waals surface area (Å²) >= 11 is 0. The number of H-pyrrole nitrogens is 1. The molecule has 1 aliphatic heterocycles. The lowest BCUT2D eigenvalue weighted by atomic mass is 9.98. The highest BCUT2D eigenvalue weighted by atomic mass is 16.7. The number of aromatic amines is 1. The zero-order valence-electron chi connectivity index (χ0n) is 22.8. The predicted octanol–water partition coefficient (Wildman–Crippen LogP) is 5.68. The van der Waals surface area contributed by atoms with Gasteiger partial charge >= 0.3 is 0 Å². The highest BCUT2D eigenvalue weighted by Crippen LogP contribution is 2.34. The number of methoxy groups -OCH3 is 2. The molecule has 0 bridgehead atoms. The Kier molecular flexibility index (Phi) is 9.30. The molecule has 8 heteroatoms. The Hall–Kier alpha value is -3.23. The smallest absolute Gasteiger partial charge is 0.205 e. The third-order valence-electron chi connectivity index (χ3n) is 6.91. The van der Waals surface area contributed by atoms with Crippen LogP contribution in [0.5, 0.6) is 0 Å². The van der Waals surface area contributed by atoms with Crippen LogP contribution in [0, 0.1) is 5.92 Å². The first-order chi connectivity index (χ1) is 18.0. The van der Waals surface area contributed by atoms with Crippen LogP contribution >= 0.6 is 0 Å². The van der Waals surface area contributed by atoms with Crippen LogP contribution in [0.1, 0.15) is 52.0 Å². The van der Waals surface area contributed by atoms with Crippen molar-refractivity contribution in [3.8, 4) is 22.5 Å². The van der Waals surface area contributed by atoms with Crippen molar-refractivity contribution in [2.24, 2.45) is 5.92 Å². The van der Waals surface area contributed by atoms with E-state index >= 15 is 0 Å². The Morgan fingerprint density at radius 2 is 1.70 bits per heavy atom. The fraction of sp³-hybridized carbons (Fsp3) is 0.483. The third-order valence-corrected chi connectivity index (χ3v) is 6.91. The molecule has 3 aromatic rings. The molecule has 0 unspecified atom stereocenters. The van der Waals surface area contributed by atoms with Gasteiger partial charge in [0.25, 0.3) is 0 Å². The standard InChI is InChI=1S/C29H40N6O2/c1-6-7-12-26-27(29(36-4)37-5)34(18-17-21(2)3)20-35(26)19-22-13-15-23(16-14-22)24-10-8-9-11-25(24)28-30-32-33-31-28/h8-11,13-16,21,29H,6-7,12,17-20H2,1-5H3,(H,30,31,32,33). The Morgan fingerprint density at radius 3 is 2.32 bits per heavy atom. The summed E-state index contributed by atoms with van der Waals surface area (Å²) in [5, 5.41) is 14.6. The number of tetrazole rings is 1. The molecule has 198 valence electrons. The minimum absolute atomic E-state index is 0.354. The lowest BCUT2D eigenvalue weighted by Gasteiger charge is -2.27. The summed E-state index contributed by atoms with van der Waals surface area (Å²) in [6, 6.07) is 17.0. The van der Waals surface area contributed by atoms with Gasteiger partial charge in [-0.1, -0.05) is 75.7 Å². The van der Waals surface area contributed by atoms with Crippen molar-refractivity contribution >= 4 is 0 Å². The van der Waals surface area contributed by atoms with E-state index in [2.05, 4.69) is 81.5 Å². The van der Waals surface area contributed by atoms with Gasteiger partial charge in [0.15, 0.2) is 6.29 Å². The largest absolute Gasteiger partial charge is 0.352 e. The normalized spacial score (nSPS) is 14.0. The highest BCUT2D eigenvalue weighted by Gasteiger charge is 2.33. The van der Waals surface area contributed by atoms with Crippen LogP contribution in [-0.4, -0.2) is 64.1 Å². The molecule has 0 saturated carbocycles. The van der Waals surface area contributed by atoms with Gasteiger partial charge in [-0.15, -0.1) is 10.2 Å². The highest BCUT2D eigenvalue weighted by molar-refractivity contribution is 5.80. The van der Waals surface area contributed by atoms with Gasteiger partial charge in [-0.2, -0.15) is 5.21 Å². The Bertz CT molecular complexity index is 1140. The van der Waals surface area contributed by atoms with Crippen molar-refractivity contribution in [1.82, 2.24) is 30.4 Å². The lowest BCUT2D eigenvalue weighted by molar-refractivity contribution is -0.0887. The maximum Gasteiger partial charge on any atom is 0.205 e. The quantitative estimate of drug-likeness (QED) is 0.300. The van der Waals surface area contributed by atoms with Crippen LogP contribution in [0.2, 0.25) is 0 Å². The maximum absolute atomic E-state index is 5.77. The van der Waals surface area contributed by atoms with Gasteiger partial charge < -0.3 is 19.3 Å². The van der Waals surface area contributed by atoms with E-state index in [1.54, 1.807) is 14.2 Å². The molecule has 8 nitrogen and oxygen atoms in total. The van der Waals surface area contributed by atoms with Gasteiger partial charge in [0.1, 0.15) is 0 Å². The summed E-state index contributed by atoms with van der Waals surface area (Å²) in [5.74, 6) is 1.24. The molecular weight excluding hydrogens is 464 g/mol. The van der Waals surface area contributed by atoms with Crippen LogP contribution < -0.4 is 0 Å². The van der Waals surface area contributed by atoms with Gasteiger partial charge in [0.05, 0.1) is 12.4 Å². The fourth-order valence-electron chi connectivity index (χ4n) is 4.91. The summed E-state index contributed by atoms with van der Waals surface area (Å²) in [7, 11) is 3.46. The first kappa shape index (κ1) is 26.8. The molecule has 0 fully saturated rings. The lowest BCUT2D eigenvalue weighted by Crippen LogP contribution is -2.33. The molecule has 2 aromatic carbocycles. The summed E-state index contributed by atoms with van der Waals surface area (Å²) < 4.78 is 11.5. The second kappa shape index (κ2) is 12.8. The van der Waals surface area contributed by atoms with Crippen LogP contribution in [0.25, 0.3) is 22.5 Å². The number of nitrogens with one attached hydrogen (secondary N) is 1. The number of benzene rings is 2. The number of unbranched alkanes of at least 4 members (excludes halogenated alkanes) is 1. The molecule has 2 heterocycles. The van der Waals surface area contributed by atoms with Crippen molar-refractivity contribution in [2.75, 3.05) is 27.4 Å². The van der Waals surface area contributed by atoms with E-state index in [9.17, 15) is 0 Å². The summed E-state index contributed by atoms with van der Waals surface area (Å²) in [6.45, 7) is 9.48. The summed E-state index contributed by atoms with van der Waals surface area (Å²) in [5.41, 5.74) is 6.97. The van der Waals surface area contributed by atoms with Crippen LogP contribution in [0.3, 0.4) is 0 Å². The molecule has 1 aromatic heterocycles. The minimum atomic E-state index is -0.354. The number of nitrogens with zero attached hydrogens (tertiary/aromatic N) is 5. The van der Waals surface area contributed by atoms with Gasteiger partial charge in [-0.3, -0.25) is 0 Å². The van der Waals surface area contributed by atoms with E-state index < -0.39 is 0 Å². The van der Waals surface area contributed by atoms with Crippen molar-refractivity contribution in [2.45, 2.75) is 59.3 Å². The second-order valence-electron chi connectivity index (χ2n) is 10.0. The van der Waals surface area contributed by atoms with E-state index in [1.165, 1.54) is 17.0 Å². The molecule has 0 atom stereocenters. The average Bonchev–Trinajstić information content (AvgIpc) is 3.56. The van der Waals surface area contributed by atoms with Crippen molar-refractivity contribution in [3.63, 3.8) is 0 Å². The maximum atomic E-state index is 5.77. The SMILES string of the molecule is CCCCC1=C(C(OC)OC)N(CCC(C)C)CN1Cc1ccc(-c2ccccc2-c2nn[nH]n2)cc1. The Morgan fingerprint density at radius 1 is 0.973 bits per heavy atom. The number of hydrogen-bond donors (Lipinski definition) is 1. The summed E-state index contributed by atoms with van der Waals surface area (Å²) in [4.78, 5) is 4.96.